The van der Waals surface area contributed by atoms with Crippen LogP contribution in [-0.2, 0) is 4.79 Å². The van der Waals surface area contributed by atoms with Gasteiger partial charge in [-0.3, -0.25) is 9.59 Å². The molecular formula is C20H24N2O4. The summed E-state index contributed by atoms with van der Waals surface area (Å²) in [4.78, 5) is 24.7. The van der Waals surface area contributed by atoms with Crippen LogP contribution in [0.1, 0.15) is 31.1 Å². The fourth-order valence-electron chi connectivity index (χ4n) is 2.27. The highest BCUT2D eigenvalue weighted by atomic mass is 16.5. The molecule has 2 rings (SSSR count). The SMILES string of the molecule is COc1ccccc1OCC(=O)Nc1ccccc1C(=O)NC(C)(C)C. The molecule has 26 heavy (non-hydrogen) atoms. The van der Waals surface area contributed by atoms with Gasteiger partial charge in [0.15, 0.2) is 18.1 Å². The normalized spacial score (nSPS) is 10.8. The molecule has 0 bridgehead atoms. The molecule has 0 aliphatic heterocycles. The van der Waals surface area contributed by atoms with Gasteiger partial charge in [0, 0.05) is 5.54 Å². The highest BCUT2D eigenvalue weighted by Gasteiger charge is 2.18. The van der Waals surface area contributed by atoms with Crippen LogP contribution in [0.4, 0.5) is 5.69 Å². The number of carbonyl (C=O) groups is 2. The van der Waals surface area contributed by atoms with Gasteiger partial charge >= 0.3 is 0 Å². The number of methoxy groups -OCH3 is 1. The van der Waals surface area contributed by atoms with Gasteiger partial charge < -0.3 is 20.1 Å². The van der Waals surface area contributed by atoms with Gasteiger partial charge in [0.2, 0.25) is 0 Å². The van der Waals surface area contributed by atoms with Gasteiger partial charge in [0.05, 0.1) is 18.4 Å². The Morgan fingerprint density at radius 1 is 0.962 bits per heavy atom. The van der Waals surface area contributed by atoms with Crippen molar-refractivity contribution in [2.24, 2.45) is 0 Å². The van der Waals surface area contributed by atoms with Crippen molar-refractivity contribution in [3.05, 3.63) is 54.1 Å². The summed E-state index contributed by atoms with van der Waals surface area (Å²) in [7, 11) is 1.53. The molecule has 0 aromatic heterocycles. The van der Waals surface area contributed by atoms with Crippen LogP contribution in [0.5, 0.6) is 11.5 Å². The number of para-hydroxylation sites is 3. The maximum absolute atomic E-state index is 12.4. The highest BCUT2D eigenvalue weighted by Crippen LogP contribution is 2.25. The minimum Gasteiger partial charge on any atom is -0.493 e. The summed E-state index contributed by atoms with van der Waals surface area (Å²) in [5, 5.41) is 5.60. The summed E-state index contributed by atoms with van der Waals surface area (Å²) >= 11 is 0. The van der Waals surface area contributed by atoms with Crippen LogP contribution in [0.15, 0.2) is 48.5 Å². The van der Waals surface area contributed by atoms with Gasteiger partial charge in [-0.05, 0) is 45.0 Å². The van der Waals surface area contributed by atoms with Gasteiger partial charge in [-0.2, -0.15) is 0 Å². The molecular weight excluding hydrogens is 332 g/mol. The zero-order chi connectivity index (χ0) is 19.2. The third-order valence-corrected chi connectivity index (χ3v) is 3.36. The van der Waals surface area contributed by atoms with Crippen LogP contribution in [0.3, 0.4) is 0 Å². The van der Waals surface area contributed by atoms with Crippen molar-refractivity contribution < 1.29 is 19.1 Å². The third-order valence-electron chi connectivity index (χ3n) is 3.36. The first kappa shape index (κ1) is 19.3. The topological polar surface area (TPSA) is 76.7 Å². The Balaban J connectivity index is 2.04. The summed E-state index contributed by atoms with van der Waals surface area (Å²) in [6, 6.07) is 13.9. The van der Waals surface area contributed by atoms with Crippen molar-refractivity contribution in [3.63, 3.8) is 0 Å². The fourth-order valence-corrected chi connectivity index (χ4v) is 2.27. The molecule has 0 saturated heterocycles. The van der Waals surface area contributed by atoms with E-state index in [1.54, 1.807) is 42.5 Å². The third kappa shape index (κ3) is 5.51. The van der Waals surface area contributed by atoms with Crippen molar-refractivity contribution in [2.75, 3.05) is 19.0 Å². The Bertz CT molecular complexity index is 781. The Hall–Kier alpha value is -3.02. The second-order valence-electron chi connectivity index (χ2n) is 6.74. The molecule has 2 aromatic rings. The number of nitrogens with one attached hydrogen (secondary N) is 2. The summed E-state index contributed by atoms with van der Waals surface area (Å²) in [5.74, 6) is 0.403. The molecule has 2 aromatic carbocycles. The van der Waals surface area contributed by atoms with Crippen LogP contribution >= 0.6 is 0 Å². The van der Waals surface area contributed by atoms with Gasteiger partial charge in [-0.1, -0.05) is 24.3 Å². The maximum atomic E-state index is 12.4. The minimum absolute atomic E-state index is 0.199. The Morgan fingerprint density at radius 2 is 1.58 bits per heavy atom. The monoisotopic (exact) mass is 356 g/mol. The quantitative estimate of drug-likeness (QED) is 0.833. The first-order valence-corrected chi connectivity index (χ1v) is 8.27. The van der Waals surface area contributed by atoms with Gasteiger partial charge in [0.25, 0.3) is 11.8 Å². The van der Waals surface area contributed by atoms with E-state index in [9.17, 15) is 9.59 Å². The predicted molar refractivity (Wildman–Crippen MR) is 101 cm³/mol. The molecule has 2 amide bonds. The average molecular weight is 356 g/mol. The van der Waals surface area contributed by atoms with Crippen molar-refractivity contribution >= 4 is 17.5 Å². The molecule has 0 saturated carbocycles. The zero-order valence-corrected chi connectivity index (χ0v) is 15.5. The summed E-state index contributed by atoms with van der Waals surface area (Å²) in [6.45, 7) is 5.49. The summed E-state index contributed by atoms with van der Waals surface area (Å²) in [5.41, 5.74) is 0.456. The number of hydrogen-bond acceptors (Lipinski definition) is 4. The summed E-state index contributed by atoms with van der Waals surface area (Å²) in [6.07, 6.45) is 0. The number of benzene rings is 2. The second-order valence-corrected chi connectivity index (χ2v) is 6.74. The van der Waals surface area contributed by atoms with Crippen LogP contribution in [-0.4, -0.2) is 31.1 Å². The van der Waals surface area contributed by atoms with E-state index in [2.05, 4.69) is 10.6 Å². The van der Waals surface area contributed by atoms with E-state index in [0.29, 0.717) is 22.7 Å². The smallest absolute Gasteiger partial charge is 0.262 e. The van der Waals surface area contributed by atoms with Crippen LogP contribution in [0, 0.1) is 0 Å². The van der Waals surface area contributed by atoms with E-state index < -0.39 is 0 Å². The van der Waals surface area contributed by atoms with E-state index in [1.807, 2.05) is 26.8 Å². The van der Waals surface area contributed by atoms with E-state index in [4.69, 9.17) is 9.47 Å². The molecule has 0 radical (unpaired) electrons. The molecule has 0 aliphatic carbocycles. The highest BCUT2D eigenvalue weighted by molar-refractivity contribution is 6.04. The zero-order valence-electron chi connectivity index (χ0n) is 15.5. The first-order chi connectivity index (χ1) is 12.3. The van der Waals surface area contributed by atoms with E-state index in [-0.39, 0.29) is 24.0 Å². The summed E-state index contributed by atoms with van der Waals surface area (Å²) < 4.78 is 10.7. The Labute approximate surface area is 153 Å². The van der Waals surface area contributed by atoms with Crippen molar-refractivity contribution in [1.82, 2.24) is 5.32 Å². The Morgan fingerprint density at radius 3 is 2.23 bits per heavy atom. The fraction of sp³-hybridized carbons (Fsp3) is 0.300. The molecule has 0 atom stereocenters. The van der Waals surface area contributed by atoms with E-state index >= 15 is 0 Å². The minimum atomic E-state index is -0.374. The number of ether oxygens (including phenoxy) is 2. The number of rotatable bonds is 6. The predicted octanol–water partition coefficient (Wildman–Crippen LogP) is 3.24. The lowest BCUT2D eigenvalue weighted by Crippen LogP contribution is -2.41. The number of anilines is 1. The van der Waals surface area contributed by atoms with Gasteiger partial charge in [0.1, 0.15) is 0 Å². The first-order valence-electron chi connectivity index (χ1n) is 8.27. The van der Waals surface area contributed by atoms with Gasteiger partial charge in [-0.15, -0.1) is 0 Å². The largest absolute Gasteiger partial charge is 0.493 e. The molecule has 2 N–H and O–H groups in total. The van der Waals surface area contributed by atoms with Crippen molar-refractivity contribution in [1.29, 1.82) is 0 Å². The molecule has 138 valence electrons. The molecule has 6 nitrogen and oxygen atoms in total. The maximum Gasteiger partial charge on any atom is 0.262 e. The average Bonchev–Trinajstić information content (AvgIpc) is 2.59. The van der Waals surface area contributed by atoms with Crippen LogP contribution in [0.2, 0.25) is 0 Å². The molecule has 0 fully saturated rings. The van der Waals surface area contributed by atoms with E-state index in [1.165, 1.54) is 7.11 Å². The lowest BCUT2D eigenvalue weighted by molar-refractivity contribution is -0.118. The van der Waals surface area contributed by atoms with Crippen LogP contribution in [0.25, 0.3) is 0 Å². The number of hydrogen-bond donors (Lipinski definition) is 2. The van der Waals surface area contributed by atoms with Crippen LogP contribution < -0.4 is 20.1 Å². The molecule has 0 heterocycles. The second kappa shape index (κ2) is 8.38. The van der Waals surface area contributed by atoms with Crippen molar-refractivity contribution in [2.45, 2.75) is 26.3 Å². The molecule has 6 heteroatoms. The Kier molecular flexibility index (Phi) is 6.22. The molecule has 0 unspecified atom stereocenters. The van der Waals surface area contributed by atoms with E-state index in [0.717, 1.165) is 0 Å². The van der Waals surface area contributed by atoms with Gasteiger partial charge in [-0.25, -0.2) is 0 Å². The standard InChI is InChI=1S/C20H24N2O4/c1-20(2,3)22-19(24)14-9-5-6-10-15(14)21-18(23)13-26-17-12-8-7-11-16(17)25-4/h5-12H,13H2,1-4H3,(H,21,23)(H,22,24). The van der Waals surface area contributed by atoms with Crippen molar-refractivity contribution in [3.8, 4) is 11.5 Å². The number of carbonyl (C=O) groups excluding carboxylic acids is 2. The molecule has 0 aliphatic rings. The lowest BCUT2D eigenvalue weighted by atomic mass is 10.1. The lowest BCUT2D eigenvalue weighted by Gasteiger charge is -2.21. The number of amides is 2. The molecule has 0 spiro atoms.